The molecule has 3 N–H and O–H groups in total. The van der Waals surface area contributed by atoms with Crippen LogP contribution in [0.15, 0.2) is 24.3 Å². The largest absolute Gasteiger partial charge is 0.378 e. The monoisotopic (exact) mass is 366 g/mol. The Balaban J connectivity index is 1.70. The number of carbonyl (C=O) groups excluding carboxylic acids is 1. The third-order valence-corrected chi connectivity index (χ3v) is 8.38. The molecule has 0 spiro atoms. The number of amides is 1. The van der Waals surface area contributed by atoms with Gasteiger partial charge in [0.05, 0.1) is 10.7 Å². The van der Waals surface area contributed by atoms with Gasteiger partial charge in [-0.15, -0.1) is 23.5 Å². The molecule has 3 rings (SSSR count). The molecular weight excluding hydrogens is 340 g/mol. The molecule has 2 atom stereocenters. The summed E-state index contributed by atoms with van der Waals surface area (Å²) in [5.41, 5.74) is 7.27. The molecule has 0 radical (unpaired) electrons. The summed E-state index contributed by atoms with van der Waals surface area (Å²) in [6.07, 6.45) is 0.601. The molecule has 4 nitrogen and oxygen atoms in total. The van der Waals surface area contributed by atoms with Crippen LogP contribution in [-0.4, -0.2) is 35.7 Å². The van der Waals surface area contributed by atoms with E-state index in [1.54, 1.807) is 0 Å². The van der Waals surface area contributed by atoms with Crippen LogP contribution in [0.1, 0.15) is 37.3 Å². The van der Waals surface area contributed by atoms with Gasteiger partial charge in [-0.1, -0.05) is 26.0 Å². The van der Waals surface area contributed by atoms with Crippen molar-refractivity contribution in [1.29, 1.82) is 0 Å². The molecule has 1 aliphatic carbocycles. The zero-order valence-electron chi connectivity index (χ0n) is 14.5. The second kappa shape index (κ2) is 6.90. The Morgan fingerprint density at radius 2 is 2.08 bits per heavy atom. The van der Waals surface area contributed by atoms with Crippen molar-refractivity contribution in [2.45, 2.75) is 43.4 Å². The van der Waals surface area contributed by atoms with E-state index in [2.05, 4.69) is 17.4 Å². The van der Waals surface area contributed by atoms with Crippen LogP contribution in [0.2, 0.25) is 0 Å². The standard InChI is InChI=1S/C18H26N2O2S2/c1-4-22-14-11-18(19,17(14,2)3)16(21)20-13-7-5-6-12(10-13)15-23-8-9-24-15/h5-7,10,14-15H,4,8-9,11,19H2,1-3H3,(H,20,21). The smallest absolute Gasteiger partial charge is 0.245 e. The lowest BCUT2D eigenvalue weighted by atomic mass is 9.54. The molecular formula is C18H26N2O2S2. The van der Waals surface area contributed by atoms with Crippen molar-refractivity contribution in [2.75, 3.05) is 23.4 Å². The molecule has 2 fully saturated rings. The molecule has 0 bridgehead atoms. The number of nitrogens with one attached hydrogen (secondary N) is 1. The van der Waals surface area contributed by atoms with Crippen LogP contribution in [-0.2, 0) is 9.53 Å². The normalized spacial score (nSPS) is 29.2. The number of carbonyl (C=O) groups is 1. The maximum absolute atomic E-state index is 12.8. The van der Waals surface area contributed by atoms with E-state index in [1.165, 1.54) is 17.1 Å². The van der Waals surface area contributed by atoms with Gasteiger partial charge in [0.15, 0.2) is 0 Å². The lowest BCUT2D eigenvalue weighted by Crippen LogP contribution is -2.74. The molecule has 1 aromatic carbocycles. The SMILES string of the molecule is CCOC1CC(N)(C(=O)Nc2cccc(C3SCCS3)c2)C1(C)C. The lowest BCUT2D eigenvalue weighted by molar-refractivity contribution is -0.166. The van der Waals surface area contributed by atoms with Crippen LogP contribution < -0.4 is 11.1 Å². The predicted octanol–water partition coefficient (Wildman–Crippen LogP) is 3.64. The van der Waals surface area contributed by atoms with E-state index in [-0.39, 0.29) is 17.4 Å². The zero-order valence-corrected chi connectivity index (χ0v) is 16.1. The molecule has 1 amide bonds. The lowest BCUT2D eigenvalue weighted by Gasteiger charge is -2.57. The van der Waals surface area contributed by atoms with Crippen LogP contribution in [0.3, 0.4) is 0 Å². The Labute approximate surface area is 152 Å². The van der Waals surface area contributed by atoms with Crippen molar-refractivity contribution in [3.63, 3.8) is 0 Å². The van der Waals surface area contributed by atoms with E-state index < -0.39 is 5.54 Å². The quantitative estimate of drug-likeness (QED) is 0.833. The number of nitrogens with two attached hydrogens (primary N) is 1. The molecule has 24 heavy (non-hydrogen) atoms. The first kappa shape index (κ1) is 18.1. The summed E-state index contributed by atoms with van der Waals surface area (Å²) in [4.78, 5) is 12.8. The van der Waals surface area contributed by atoms with E-state index in [0.29, 0.717) is 17.6 Å². The highest BCUT2D eigenvalue weighted by Gasteiger charge is 2.62. The fourth-order valence-electron chi connectivity index (χ4n) is 3.38. The minimum Gasteiger partial charge on any atom is -0.378 e. The summed E-state index contributed by atoms with van der Waals surface area (Å²) in [6, 6.07) is 8.13. The first-order chi connectivity index (χ1) is 11.4. The fourth-order valence-corrected chi connectivity index (χ4v) is 6.22. The van der Waals surface area contributed by atoms with Gasteiger partial charge in [-0.05, 0) is 24.6 Å². The van der Waals surface area contributed by atoms with Gasteiger partial charge in [0, 0.05) is 35.6 Å². The molecule has 2 unspecified atom stereocenters. The van der Waals surface area contributed by atoms with E-state index >= 15 is 0 Å². The third-order valence-electron chi connectivity index (χ3n) is 5.27. The Kier molecular flexibility index (Phi) is 5.21. The van der Waals surface area contributed by atoms with Gasteiger partial charge in [0.2, 0.25) is 5.91 Å². The van der Waals surface area contributed by atoms with Crippen LogP contribution in [0.25, 0.3) is 0 Å². The van der Waals surface area contributed by atoms with Crippen molar-refractivity contribution in [3.8, 4) is 0 Å². The van der Waals surface area contributed by atoms with Crippen LogP contribution in [0.5, 0.6) is 0 Å². The molecule has 132 valence electrons. The van der Waals surface area contributed by atoms with E-state index in [9.17, 15) is 4.79 Å². The number of benzene rings is 1. The summed E-state index contributed by atoms with van der Waals surface area (Å²) < 4.78 is 6.18. The average Bonchev–Trinajstić information content (AvgIpc) is 3.09. The number of hydrogen-bond acceptors (Lipinski definition) is 5. The molecule has 0 aromatic heterocycles. The maximum Gasteiger partial charge on any atom is 0.245 e. The Morgan fingerprint density at radius 1 is 1.38 bits per heavy atom. The summed E-state index contributed by atoms with van der Waals surface area (Å²) >= 11 is 3.92. The van der Waals surface area contributed by atoms with Crippen molar-refractivity contribution < 1.29 is 9.53 Å². The molecule has 1 aliphatic heterocycles. The topological polar surface area (TPSA) is 64.3 Å². The van der Waals surface area contributed by atoms with Crippen molar-refractivity contribution in [2.24, 2.45) is 11.1 Å². The second-order valence-corrected chi connectivity index (χ2v) is 9.72. The number of anilines is 1. The van der Waals surface area contributed by atoms with Gasteiger partial charge in [-0.25, -0.2) is 0 Å². The highest BCUT2D eigenvalue weighted by Crippen LogP contribution is 2.50. The summed E-state index contributed by atoms with van der Waals surface area (Å²) in [6.45, 7) is 6.64. The number of thioether (sulfide) groups is 2. The van der Waals surface area contributed by atoms with Crippen LogP contribution in [0, 0.1) is 5.41 Å². The molecule has 1 saturated heterocycles. The average molecular weight is 367 g/mol. The van der Waals surface area contributed by atoms with E-state index in [1.807, 2.05) is 56.4 Å². The van der Waals surface area contributed by atoms with E-state index in [4.69, 9.17) is 10.5 Å². The van der Waals surface area contributed by atoms with Gasteiger partial charge in [-0.2, -0.15) is 0 Å². The maximum atomic E-state index is 12.8. The van der Waals surface area contributed by atoms with Crippen molar-refractivity contribution >= 4 is 35.1 Å². The first-order valence-electron chi connectivity index (χ1n) is 8.43. The summed E-state index contributed by atoms with van der Waals surface area (Å²) in [5, 5.41) is 3.03. The molecule has 6 heteroatoms. The highest BCUT2D eigenvalue weighted by molar-refractivity contribution is 8.19. The third kappa shape index (κ3) is 3.09. The molecule has 2 aliphatic rings. The summed E-state index contributed by atoms with van der Waals surface area (Å²) in [5.74, 6) is 2.25. The van der Waals surface area contributed by atoms with Crippen molar-refractivity contribution in [1.82, 2.24) is 0 Å². The van der Waals surface area contributed by atoms with Crippen molar-refractivity contribution in [3.05, 3.63) is 29.8 Å². The number of hydrogen-bond donors (Lipinski definition) is 2. The predicted molar refractivity (Wildman–Crippen MR) is 103 cm³/mol. The highest BCUT2D eigenvalue weighted by atomic mass is 32.2. The van der Waals surface area contributed by atoms with Gasteiger partial charge in [-0.3, -0.25) is 4.79 Å². The van der Waals surface area contributed by atoms with E-state index in [0.717, 1.165) is 5.69 Å². The molecule has 1 saturated carbocycles. The zero-order chi connectivity index (χ0) is 17.4. The number of ether oxygens (including phenoxy) is 1. The molecule has 1 heterocycles. The van der Waals surface area contributed by atoms with Crippen LogP contribution >= 0.6 is 23.5 Å². The minimum absolute atomic E-state index is 0.0378. The van der Waals surface area contributed by atoms with Gasteiger partial charge in [0.1, 0.15) is 5.54 Å². The van der Waals surface area contributed by atoms with Gasteiger partial charge >= 0.3 is 0 Å². The fraction of sp³-hybridized carbons (Fsp3) is 0.611. The Morgan fingerprint density at radius 3 is 2.71 bits per heavy atom. The Hall–Kier alpha value is -0.690. The minimum atomic E-state index is -0.889. The van der Waals surface area contributed by atoms with Gasteiger partial charge < -0.3 is 15.8 Å². The van der Waals surface area contributed by atoms with Crippen LogP contribution in [0.4, 0.5) is 5.69 Å². The second-order valence-electron chi connectivity index (χ2n) is 6.99. The van der Waals surface area contributed by atoms with Gasteiger partial charge in [0.25, 0.3) is 0 Å². The molecule has 1 aromatic rings. The Bertz CT molecular complexity index is 617. The first-order valence-corrected chi connectivity index (χ1v) is 10.5. The number of rotatable bonds is 5. The summed E-state index contributed by atoms with van der Waals surface area (Å²) in [7, 11) is 0.